The molecule has 2 heterocycles. The maximum Gasteiger partial charge on any atom is 0.254 e. The Morgan fingerprint density at radius 1 is 1.23 bits per heavy atom. The lowest BCUT2D eigenvalue weighted by atomic mass is 10.3. The van der Waals surface area contributed by atoms with Crippen molar-refractivity contribution in [1.29, 1.82) is 0 Å². The molecule has 2 rings (SSSR count). The fraction of sp³-hybridized carbons (Fsp3) is 0.667. The Morgan fingerprint density at radius 3 is 2.55 bits per heavy atom. The van der Waals surface area contributed by atoms with Gasteiger partial charge in [0.1, 0.15) is 0 Å². The van der Waals surface area contributed by atoms with Gasteiger partial charge < -0.3 is 20.4 Å². The van der Waals surface area contributed by atoms with Gasteiger partial charge in [0.05, 0.1) is 5.56 Å². The number of carbonyl (C=O) groups excluding carboxylic acids is 1. The molecule has 1 aromatic heterocycles. The third kappa shape index (κ3) is 5.23. The van der Waals surface area contributed by atoms with Gasteiger partial charge in [0.2, 0.25) is 5.95 Å². The van der Waals surface area contributed by atoms with Crippen LogP contribution in [0.5, 0.6) is 0 Å². The first-order valence-corrected chi connectivity index (χ1v) is 7.94. The van der Waals surface area contributed by atoms with Crippen LogP contribution in [0.25, 0.3) is 0 Å². The Balaban J connectivity index is 1.65. The van der Waals surface area contributed by atoms with E-state index in [0.29, 0.717) is 18.1 Å². The van der Waals surface area contributed by atoms with Crippen molar-refractivity contribution in [2.75, 3.05) is 58.2 Å². The summed E-state index contributed by atoms with van der Waals surface area (Å²) in [5.41, 5.74) is 0.501. The summed E-state index contributed by atoms with van der Waals surface area (Å²) < 4.78 is 0. The summed E-state index contributed by atoms with van der Waals surface area (Å²) >= 11 is 0. The van der Waals surface area contributed by atoms with Gasteiger partial charge in [-0.1, -0.05) is 0 Å². The van der Waals surface area contributed by atoms with E-state index in [1.54, 1.807) is 12.4 Å². The minimum absolute atomic E-state index is 0.110. The molecule has 1 aliphatic heterocycles. The molecule has 0 spiro atoms. The maximum absolute atomic E-state index is 12.0. The van der Waals surface area contributed by atoms with Crippen LogP contribution in [0.3, 0.4) is 0 Å². The molecule has 1 fully saturated rings. The van der Waals surface area contributed by atoms with E-state index >= 15 is 0 Å². The van der Waals surface area contributed by atoms with Gasteiger partial charge in [0.15, 0.2) is 0 Å². The van der Waals surface area contributed by atoms with Crippen molar-refractivity contribution in [2.24, 2.45) is 0 Å². The first-order valence-electron chi connectivity index (χ1n) is 7.94. The van der Waals surface area contributed by atoms with Gasteiger partial charge in [0, 0.05) is 51.7 Å². The van der Waals surface area contributed by atoms with Gasteiger partial charge in [0.25, 0.3) is 5.91 Å². The van der Waals surface area contributed by atoms with Crippen molar-refractivity contribution < 1.29 is 4.79 Å². The van der Waals surface area contributed by atoms with Gasteiger partial charge in [-0.3, -0.25) is 4.79 Å². The first kappa shape index (κ1) is 16.6. The topological polar surface area (TPSA) is 73.4 Å². The predicted molar refractivity (Wildman–Crippen MR) is 87.1 cm³/mol. The molecule has 0 saturated carbocycles. The lowest BCUT2D eigenvalue weighted by Gasteiger charge is -2.32. The summed E-state index contributed by atoms with van der Waals surface area (Å²) in [4.78, 5) is 25.0. The molecule has 7 heteroatoms. The smallest absolute Gasteiger partial charge is 0.254 e. The zero-order chi connectivity index (χ0) is 15.8. The van der Waals surface area contributed by atoms with Crippen LogP contribution in [0.4, 0.5) is 5.95 Å². The molecule has 0 atom stereocenters. The minimum Gasteiger partial charge on any atom is -0.355 e. The number of nitrogens with zero attached hydrogens (tertiary/aromatic N) is 4. The molecular weight excluding hydrogens is 280 g/mol. The number of anilines is 1. The second-order valence-corrected chi connectivity index (χ2v) is 5.58. The third-order valence-corrected chi connectivity index (χ3v) is 3.78. The van der Waals surface area contributed by atoms with E-state index in [-0.39, 0.29) is 5.91 Å². The Morgan fingerprint density at radius 2 is 1.91 bits per heavy atom. The molecule has 1 aromatic rings. The molecule has 0 bridgehead atoms. The van der Waals surface area contributed by atoms with Crippen LogP contribution >= 0.6 is 0 Å². The van der Waals surface area contributed by atoms with Crippen molar-refractivity contribution in [3.8, 4) is 0 Å². The highest BCUT2D eigenvalue weighted by molar-refractivity contribution is 5.93. The molecule has 1 amide bonds. The number of nitrogens with one attached hydrogen (secondary N) is 2. The lowest BCUT2D eigenvalue weighted by molar-refractivity contribution is 0.0948. The molecule has 1 aliphatic rings. The Labute approximate surface area is 132 Å². The number of carbonyl (C=O) groups is 1. The largest absolute Gasteiger partial charge is 0.355 e. The molecule has 0 aliphatic carbocycles. The zero-order valence-corrected chi connectivity index (χ0v) is 13.5. The van der Waals surface area contributed by atoms with E-state index in [9.17, 15) is 4.79 Å². The van der Waals surface area contributed by atoms with E-state index in [2.05, 4.69) is 37.4 Å². The maximum atomic E-state index is 12.0. The highest BCUT2D eigenvalue weighted by Gasteiger charge is 2.13. The van der Waals surface area contributed by atoms with E-state index in [1.807, 2.05) is 6.92 Å². The Kier molecular flexibility index (Phi) is 6.54. The molecule has 2 N–H and O–H groups in total. The number of hydrogen-bond donors (Lipinski definition) is 2. The quantitative estimate of drug-likeness (QED) is 0.705. The summed E-state index contributed by atoms with van der Waals surface area (Å²) in [5.74, 6) is 0.440. The van der Waals surface area contributed by atoms with Crippen molar-refractivity contribution in [1.82, 2.24) is 25.1 Å². The molecule has 0 unspecified atom stereocenters. The van der Waals surface area contributed by atoms with Crippen molar-refractivity contribution >= 4 is 11.9 Å². The molecule has 1 saturated heterocycles. The Hall–Kier alpha value is -1.73. The average molecular weight is 306 g/mol. The fourth-order valence-corrected chi connectivity index (χ4v) is 2.37. The summed E-state index contributed by atoms with van der Waals surface area (Å²) in [6.07, 6.45) is 4.08. The van der Waals surface area contributed by atoms with Crippen LogP contribution in [0, 0.1) is 0 Å². The summed E-state index contributed by atoms with van der Waals surface area (Å²) in [6.45, 7) is 8.93. The first-order chi connectivity index (χ1) is 10.7. The van der Waals surface area contributed by atoms with Crippen LogP contribution in [-0.4, -0.2) is 78.5 Å². The van der Waals surface area contributed by atoms with Crippen LogP contribution < -0.4 is 10.6 Å². The van der Waals surface area contributed by atoms with Gasteiger partial charge in [-0.15, -0.1) is 0 Å². The normalized spacial score (nSPS) is 16.5. The number of hydrogen-bond acceptors (Lipinski definition) is 6. The number of aromatic nitrogens is 2. The third-order valence-electron chi connectivity index (χ3n) is 3.78. The number of amides is 1. The standard InChI is InChI=1S/C15H26N6O/c1-3-16-15-18-11-13(12-19-15)14(22)17-5-4-6-21-9-7-20(2)8-10-21/h11-12H,3-10H2,1-2H3,(H,17,22)(H,16,18,19). The van der Waals surface area contributed by atoms with Crippen molar-refractivity contribution in [3.63, 3.8) is 0 Å². The summed E-state index contributed by atoms with van der Waals surface area (Å²) in [6, 6.07) is 0. The highest BCUT2D eigenvalue weighted by atomic mass is 16.1. The fourth-order valence-electron chi connectivity index (χ4n) is 2.37. The Bertz CT molecular complexity index is 456. The van der Waals surface area contributed by atoms with Crippen molar-refractivity contribution in [3.05, 3.63) is 18.0 Å². The van der Waals surface area contributed by atoms with Crippen LogP contribution in [0.1, 0.15) is 23.7 Å². The summed E-state index contributed by atoms with van der Waals surface area (Å²) in [7, 11) is 2.15. The summed E-state index contributed by atoms with van der Waals surface area (Å²) in [5, 5.41) is 5.92. The SMILES string of the molecule is CCNc1ncc(C(=O)NCCCN2CCN(C)CC2)cn1. The van der Waals surface area contributed by atoms with E-state index in [0.717, 1.165) is 45.7 Å². The number of rotatable bonds is 7. The molecule has 0 radical (unpaired) electrons. The van der Waals surface area contributed by atoms with Gasteiger partial charge in [-0.2, -0.15) is 0 Å². The van der Waals surface area contributed by atoms with Gasteiger partial charge >= 0.3 is 0 Å². The zero-order valence-electron chi connectivity index (χ0n) is 13.5. The predicted octanol–water partition coefficient (Wildman–Crippen LogP) is 0.276. The van der Waals surface area contributed by atoms with Crippen molar-refractivity contribution in [2.45, 2.75) is 13.3 Å². The molecule has 122 valence electrons. The highest BCUT2D eigenvalue weighted by Crippen LogP contribution is 2.01. The molecular formula is C15H26N6O. The second kappa shape index (κ2) is 8.65. The van der Waals surface area contributed by atoms with Crippen LogP contribution in [0.15, 0.2) is 12.4 Å². The molecule has 0 aromatic carbocycles. The van der Waals surface area contributed by atoms with E-state index in [4.69, 9.17) is 0 Å². The van der Waals surface area contributed by atoms with Gasteiger partial charge in [-0.05, 0) is 26.9 Å². The molecule has 22 heavy (non-hydrogen) atoms. The minimum atomic E-state index is -0.110. The average Bonchev–Trinajstić information content (AvgIpc) is 2.54. The monoisotopic (exact) mass is 306 g/mol. The second-order valence-electron chi connectivity index (χ2n) is 5.58. The number of piperazine rings is 1. The van der Waals surface area contributed by atoms with Crippen LogP contribution in [-0.2, 0) is 0 Å². The molecule has 7 nitrogen and oxygen atoms in total. The van der Waals surface area contributed by atoms with Gasteiger partial charge in [-0.25, -0.2) is 9.97 Å². The van der Waals surface area contributed by atoms with E-state index in [1.165, 1.54) is 0 Å². The van der Waals surface area contributed by atoms with E-state index < -0.39 is 0 Å². The van der Waals surface area contributed by atoms with Crippen LogP contribution in [0.2, 0.25) is 0 Å². The number of likely N-dealkylation sites (N-methyl/N-ethyl adjacent to an activating group) is 1. The lowest BCUT2D eigenvalue weighted by Crippen LogP contribution is -2.45.